The van der Waals surface area contributed by atoms with Crippen LogP contribution in [0.2, 0.25) is 0 Å². The third-order valence-corrected chi connectivity index (χ3v) is 4.63. The van der Waals surface area contributed by atoms with Gasteiger partial charge in [-0.25, -0.2) is 0 Å². The first-order valence-corrected chi connectivity index (χ1v) is 9.06. The van der Waals surface area contributed by atoms with Crippen LogP contribution in [0.15, 0.2) is 42.5 Å². The molecule has 1 fully saturated rings. The van der Waals surface area contributed by atoms with Gasteiger partial charge in [0.25, 0.3) is 5.91 Å². The Bertz CT molecular complexity index is 768. The number of phenolic OH excluding ortho intramolecular Hbond substituents is 1. The van der Waals surface area contributed by atoms with E-state index in [2.05, 4.69) is 30.1 Å². The summed E-state index contributed by atoms with van der Waals surface area (Å²) in [7, 11) is 0. The average molecular weight is 354 g/mol. The fourth-order valence-electron chi connectivity index (χ4n) is 3.06. The van der Waals surface area contributed by atoms with Crippen LogP contribution in [-0.4, -0.2) is 42.2 Å². The Hall–Kier alpha value is -2.37. The summed E-state index contributed by atoms with van der Waals surface area (Å²) in [6.45, 7) is 8.31. The highest BCUT2D eigenvalue weighted by Crippen LogP contribution is 2.25. The molecule has 0 aliphatic carbocycles. The number of morpholine rings is 1. The number of ether oxygens (including phenoxy) is 1. The van der Waals surface area contributed by atoms with Crippen molar-refractivity contribution in [2.75, 3.05) is 31.6 Å². The van der Waals surface area contributed by atoms with Gasteiger partial charge in [0.05, 0.1) is 18.8 Å². The molecule has 1 aliphatic heterocycles. The van der Waals surface area contributed by atoms with Crippen LogP contribution < -0.4 is 5.32 Å². The van der Waals surface area contributed by atoms with Crippen LogP contribution in [0.5, 0.6) is 5.75 Å². The first kappa shape index (κ1) is 18.4. The average Bonchev–Trinajstić information content (AvgIpc) is 2.62. The predicted octanol–water partition coefficient (Wildman–Crippen LogP) is 3.60. The fourth-order valence-corrected chi connectivity index (χ4v) is 3.06. The summed E-state index contributed by atoms with van der Waals surface area (Å²) >= 11 is 0. The molecule has 0 bridgehead atoms. The van der Waals surface area contributed by atoms with Gasteiger partial charge in [0.1, 0.15) is 5.75 Å². The van der Waals surface area contributed by atoms with Crippen molar-refractivity contribution in [1.82, 2.24) is 4.90 Å². The van der Waals surface area contributed by atoms with E-state index >= 15 is 0 Å². The summed E-state index contributed by atoms with van der Waals surface area (Å²) in [6.07, 6.45) is 0. The molecule has 1 saturated heterocycles. The molecule has 0 spiro atoms. The molecule has 5 heteroatoms. The Balaban J connectivity index is 1.68. The summed E-state index contributed by atoms with van der Waals surface area (Å²) < 4.78 is 5.37. The zero-order valence-corrected chi connectivity index (χ0v) is 15.4. The standard InChI is InChI=1S/C21H26N2O3/c1-15(2)17-6-7-19(20(24)13-17)21(25)22-18-5-3-4-16(12-18)14-23-8-10-26-11-9-23/h3-7,12-13,15,24H,8-11,14H2,1-2H3,(H,22,25). The molecule has 1 heterocycles. The van der Waals surface area contributed by atoms with Crippen LogP contribution in [0.4, 0.5) is 5.69 Å². The summed E-state index contributed by atoms with van der Waals surface area (Å²) in [6, 6.07) is 13.1. The fraction of sp³-hybridized carbons (Fsp3) is 0.381. The van der Waals surface area contributed by atoms with Crippen molar-refractivity contribution in [2.24, 2.45) is 0 Å². The minimum atomic E-state index is -0.304. The second-order valence-corrected chi connectivity index (χ2v) is 6.97. The number of hydrogen-bond acceptors (Lipinski definition) is 4. The maximum Gasteiger partial charge on any atom is 0.259 e. The molecular weight excluding hydrogens is 328 g/mol. The zero-order valence-electron chi connectivity index (χ0n) is 15.4. The highest BCUT2D eigenvalue weighted by atomic mass is 16.5. The summed E-state index contributed by atoms with van der Waals surface area (Å²) in [5.41, 5.74) is 3.16. The van der Waals surface area contributed by atoms with Crippen molar-refractivity contribution < 1.29 is 14.6 Å². The molecule has 0 radical (unpaired) electrons. The van der Waals surface area contributed by atoms with E-state index in [4.69, 9.17) is 4.74 Å². The number of phenols is 1. The number of nitrogens with one attached hydrogen (secondary N) is 1. The molecule has 1 aliphatic rings. The Kier molecular flexibility index (Phi) is 5.91. The van der Waals surface area contributed by atoms with E-state index in [9.17, 15) is 9.90 Å². The number of rotatable bonds is 5. The van der Waals surface area contributed by atoms with E-state index < -0.39 is 0 Å². The molecule has 0 saturated carbocycles. The van der Waals surface area contributed by atoms with Crippen LogP contribution >= 0.6 is 0 Å². The lowest BCUT2D eigenvalue weighted by Gasteiger charge is -2.26. The first-order chi connectivity index (χ1) is 12.5. The van der Waals surface area contributed by atoms with Crippen LogP contribution in [0.1, 0.15) is 41.3 Å². The lowest BCUT2D eigenvalue weighted by Crippen LogP contribution is -2.35. The maximum atomic E-state index is 12.5. The Morgan fingerprint density at radius 2 is 1.96 bits per heavy atom. The van der Waals surface area contributed by atoms with Gasteiger partial charge >= 0.3 is 0 Å². The summed E-state index contributed by atoms with van der Waals surface area (Å²) in [5.74, 6) is 0.00869. The number of carbonyl (C=O) groups is 1. The summed E-state index contributed by atoms with van der Waals surface area (Å²) in [5, 5.41) is 13.1. The van der Waals surface area contributed by atoms with Gasteiger partial charge in [-0.1, -0.05) is 32.0 Å². The smallest absolute Gasteiger partial charge is 0.259 e. The number of carbonyl (C=O) groups excluding carboxylic acids is 1. The zero-order chi connectivity index (χ0) is 18.5. The van der Waals surface area contributed by atoms with E-state index in [1.807, 2.05) is 24.3 Å². The van der Waals surface area contributed by atoms with E-state index in [-0.39, 0.29) is 17.2 Å². The Morgan fingerprint density at radius 1 is 1.19 bits per heavy atom. The molecule has 0 atom stereocenters. The van der Waals surface area contributed by atoms with E-state index in [0.717, 1.165) is 49.7 Å². The molecule has 0 aromatic heterocycles. The van der Waals surface area contributed by atoms with Gasteiger partial charge in [0.15, 0.2) is 0 Å². The quantitative estimate of drug-likeness (QED) is 0.861. The summed E-state index contributed by atoms with van der Waals surface area (Å²) in [4.78, 5) is 14.9. The van der Waals surface area contributed by atoms with E-state index in [1.165, 1.54) is 0 Å². The van der Waals surface area contributed by atoms with Crippen molar-refractivity contribution >= 4 is 11.6 Å². The molecule has 138 valence electrons. The van der Waals surface area contributed by atoms with Crippen molar-refractivity contribution in [1.29, 1.82) is 0 Å². The normalized spacial score (nSPS) is 15.2. The Labute approximate surface area is 154 Å². The van der Waals surface area contributed by atoms with Gasteiger partial charge in [-0.3, -0.25) is 9.69 Å². The maximum absolute atomic E-state index is 12.5. The predicted molar refractivity (Wildman–Crippen MR) is 103 cm³/mol. The molecule has 2 aromatic rings. The highest BCUT2D eigenvalue weighted by molar-refractivity contribution is 6.06. The van der Waals surface area contributed by atoms with Crippen molar-refractivity contribution in [2.45, 2.75) is 26.3 Å². The number of amides is 1. The van der Waals surface area contributed by atoms with Crippen LogP contribution in [0.3, 0.4) is 0 Å². The lowest BCUT2D eigenvalue weighted by molar-refractivity contribution is 0.0342. The molecular formula is C21H26N2O3. The van der Waals surface area contributed by atoms with Crippen molar-refractivity contribution in [3.63, 3.8) is 0 Å². The molecule has 0 unspecified atom stereocenters. The van der Waals surface area contributed by atoms with Gasteiger partial charge in [-0.2, -0.15) is 0 Å². The first-order valence-electron chi connectivity index (χ1n) is 9.06. The van der Waals surface area contributed by atoms with Crippen LogP contribution in [0.25, 0.3) is 0 Å². The second kappa shape index (κ2) is 8.34. The number of benzene rings is 2. The third-order valence-electron chi connectivity index (χ3n) is 4.63. The number of anilines is 1. The lowest BCUT2D eigenvalue weighted by atomic mass is 10.0. The monoisotopic (exact) mass is 354 g/mol. The van der Waals surface area contributed by atoms with Gasteiger partial charge in [-0.05, 0) is 41.3 Å². The SMILES string of the molecule is CC(C)c1ccc(C(=O)Nc2cccc(CN3CCOCC3)c2)c(O)c1. The van der Waals surface area contributed by atoms with Crippen LogP contribution in [0, 0.1) is 0 Å². The van der Waals surface area contributed by atoms with E-state index in [1.54, 1.807) is 12.1 Å². The van der Waals surface area contributed by atoms with E-state index in [0.29, 0.717) is 5.92 Å². The minimum absolute atomic E-state index is 0.0122. The van der Waals surface area contributed by atoms with Gasteiger partial charge < -0.3 is 15.2 Å². The largest absolute Gasteiger partial charge is 0.507 e. The third kappa shape index (κ3) is 4.62. The molecule has 1 amide bonds. The number of hydrogen-bond donors (Lipinski definition) is 2. The second-order valence-electron chi connectivity index (χ2n) is 6.97. The van der Waals surface area contributed by atoms with Gasteiger partial charge in [-0.15, -0.1) is 0 Å². The van der Waals surface area contributed by atoms with Crippen LogP contribution in [-0.2, 0) is 11.3 Å². The van der Waals surface area contributed by atoms with Gasteiger partial charge in [0.2, 0.25) is 0 Å². The van der Waals surface area contributed by atoms with Crippen molar-refractivity contribution in [3.05, 3.63) is 59.2 Å². The number of aromatic hydroxyl groups is 1. The molecule has 2 N–H and O–H groups in total. The molecule has 2 aromatic carbocycles. The van der Waals surface area contributed by atoms with Crippen molar-refractivity contribution in [3.8, 4) is 5.75 Å². The molecule has 5 nitrogen and oxygen atoms in total. The molecule has 26 heavy (non-hydrogen) atoms. The topological polar surface area (TPSA) is 61.8 Å². The Morgan fingerprint density at radius 3 is 2.65 bits per heavy atom. The van der Waals surface area contributed by atoms with Gasteiger partial charge in [0, 0.05) is 25.3 Å². The molecule has 3 rings (SSSR count). The minimum Gasteiger partial charge on any atom is -0.507 e. The highest BCUT2D eigenvalue weighted by Gasteiger charge is 2.14. The number of nitrogens with zero attached hydrogens (tertiary/aromatic N) is 1.